The molecule has 0 aliphatic heterocycles. The van der Waals surface area contributed by atoms with Crippen LogP contribution in [0.3, 0.4) is 0 Å². The van der Waals surface area contributed by atoms with E-state index in [9.17, 15) is 0 Å². The van der Waals surface area contributed by atoms with Crippen molar-refractivity contribution in [1.29, 1.82) is 0 Å². The quantitative estimate of drug-likeness (QED) is 0.297. The Balaban J connectivity index is 0.00000137. The molecule has 3 rings (SSSR count). The second-order valence-electron chi connectivity index (χ2n) is 8.27. The smallest absolute Gasteiger partial charge is 0.0155 e. The molecule has 0 aliphatic rings. The van der Waals surface area contributed by atoms with Crippen LogP contribution in [0.15, 0.2) is 78.9 Å². The molecule has 0 heteroatoms. The van der Waals surface area contributed by atoms with Gasteiger partial charge in [-0.05, 0) is 79.0 Å². The van der Waals surface area contributed by atoms with E-state index in [4.69, 9.17) is 0 Å². The summed E-state index contributed by atoms with van der Waals surface area (Å²) < 4.78 is 0. The fraction of sp³-hybridized carbons (Fsp3) is 0.353. The number of hydrogen-bond acceptors (Lipinski definition) is 0. The third-order valence-corrected chi connectivity index (χ3v) is 5.77. The predicted molar refractivity (Wildman–Crippen MR) is 156 cm³/mol. The van der Waals surface area contributed by atoms with Gasteiger partial charge in [0.2, 0.25) is 0 Å². The summed E-state index contributed by atoms with van der Waals surface area (Å²) in [4.78, 5) is 0. The highest BCUT2D eigenvalue weighted by molar-refractivity contribution is 5.80. The first kappa shape index (κ1) is 29.2. The molecule has 0 heterocycles. The fourth-order valence-corrected chi connectivity index (χ4v) is 3.68. The van der Waals surface area contributed by atoms with Crippen molar-refractivity contribution in [3.05, 3.63) is 118 Å². The Bertz CT molecular complexity index is 1020. The summed E-state index contributed by atoms with van der Waals surface area (Å²) in [5, 5.41) is 0. The summed E-state index contributed by atoms with van der Waals surface area (Å²) in [5.74, 6) is 0. The van der Waals surface area contributed by atoms with E-state index in [1.165, 1.54) is 44.5 Å². The Morgan fingerprint density at radius 3 is 2.06 bits per heavy atom. The molecule has 0 saturated heterocycles. The van der Waals surface area contributed by atoms with E-state index in [0.717, 1.165) is 25.7 Å². The van der Waals surface area contributed by atoms with Crippen molar-refractivity contribution in [3.8, 4) is 0 Å². The zero-order valence-electron chi connectivity index (χ0n) is 22.9. The highest BCUT2D eigenvalue weighted by Crippen LogP contribution is 2.24. The average molecular weight is 455 g/mol. The highest BCUT2D eigenvalue weighted by Gasteiger charge is 2.06. The second kappa shape index (κ2) is 16.7. The van der Waals surface area contributed by atoms with Gasteiger partial charge in [-0.15, -0.1) is 0 Å². The molecule has 3 aromatic rings. The summed E-state index contributed by atoms with van der Waals surface area (Å²) in [7, 11) is 0. The maximum Gasteiger partial charge on any atom is -0.0155 e. The summed E-state index contributed by atoms with van der Waals surface area (Å²) in [5.41, 5.74) is 10.8. The number of unbranched alkanes of at least 4 members (excludes halogenated alkanes) is 1. The largest absolute Gasteiger partial charge is 0.0767 e. The van der Waals surface area contributed by atoms with Gasteiger partial charge in [0.15, 0.2) is 0 Å². The van der Waals surface area contributed by atoms with Gasteiger partial charge in [0.05, 0.1) is 0 Å². The highest BCUT2D eigenvalue weighted by atomic mass is 14.1. The van der Waals surface area contributed by atoms with E-state index in [0.29, 0.717) is 0 Å². The minimum atomic E-state index is 1.06. The van der Waals surface area contributed by atoms with E-state index >= 15 is 0 Å². The van der Waals surface area contributed by atoms with Crippen LogP contribution in [0, 0.1) is 20.8 Å². The topological polar surface area (TPSA) is 0 Å². The molecule has 0 bridgehead atoms. The maximum atomic E-state index is 2.39. The van der Waals surface area contributed by atoms with Crippen LogP contribution in [0.4, 0.5) is 0 Å². The molecule has 182 valence electrons. The van der Waals surface area contributed by atoms with Crippen LogP contribution in [0.1, 0.15) is 86.4 Å². The molecule has 0 spiro atoms. The van der Waals surface area contributed by atoms with Crippen LogP contribution in [0.25, 0.3) is 11.6 Å². The first-order valence-corrected chi connectivity index (χ1v) is 13.2. The van der Waals surface area contributed by atoms with Crippen LogP contribution in [0.5, 0.6) is 0 Å². The molecular formula is C34H46. The Kier molecular flexibility index (Phi) is 14.3. The monoisotopic (exact) mass is 454 g/mol. The average Bonchev–Trinajstić information content (AvgIpc) is 2.88. The molecule has 3 aromatic carbocycles. The van der Waals surface area contributed by atoms with Crippen LogP contribution >= 0.6 is 0 Å². The van der Waals surface area contributed by atoms with Gasteiger partial charge in [-0.1, -0.05) is 132 Å². The molecule has 34 heavy (non-hydrogen) atoms. The molecule has 0 unspecified atom stereocenters. The Morgan fingerprint density at radius 2 is 1.41 bits per heavy atom. The molecular weight excluding hydrogens is 408 g/mol. The number of aryl methyl sites for hydroxylation is 5. The zero-order chi connectivity index (χ0) is 25.3. The predicted octanol–water partition coefficient (Wildman–Crippen LogP) is 10.3. The Hall–Kier alpha value is -2.86. The van der Waals surface area contributed by atoms with Crippen molar-refractivity contribution in [2.24, 2.45) is 0 Å². The second-order valence-corrected chi connectivity index (χ2v) is 8.27. The van der Waals surface area contributed by atoms with Gasteiger partial charge in [-0.2, -0.15) is 0 Å². The van der Waals surface area contributed by atoms with Gasteiger partial charge in [-0.25, -0.2) is 0 Å². The molecule has 0 aliphatic carbocycles. The molecule has 0 radical (unpaired) electrons. The summed E-state index contributed by atoms with van der Waals surface area (Å²) in [6, 6.07) is 24.5. The van der Waals surface area contributed by atoms with Gasteiger partial charge in [0.1, 0.15) is 0 Å². The van der Waals surface area contributed by atoms with Gasteiger partial charge in [0.25, 0.3) is 0 Å². The number of benzene rings is 3. The van der Waals surface area contributed by atoms with E-state index in [2.05, 4.69) is 113 Å². The van der Waals surface area contributed by atoms with E-state index in [1.54, 1.807) is 0 Å². The first-order valence-electron chi connectivity index (χ1n) is 13.2. The molecule has 0 saturated carbocycles. The van der Waals surface area contributed by atoms with E-state index < -0.39 is 0 Å². The summed E-state index contributed by atoms with van der Waals surface area (Å²) in [6.07, 6.45) is 11.3. The van der Waals surface area contributed by atoms with E-state index in [-0.39, 0.29) is 0 Å². The van der Waals surface area contributed by atoms with E-state index in [1.807, 2.05) is 27.7 Å². The summed E-state index contributed by atoms with van der Waals surface area (Å²) >= 11 is 0. The minimum absolute atomic E-state index is 1.06. The SMILES string of the molecule is CC.CC.CCC/C=C(/C=C/c1ccc(C)c(C)c1)c1ccccc1CCc1ccc(C)cc1. The normalized spacial score (nSPS) is 10.9. The van der Waals surface area contributed by atoms with Crippen molar-refractivity contribution in [3.63, 3.8) is 0 Å². The van der Waals surface area contributed by atoms with Crippen LogP contribution in [0.2, 0.25) is 0 Å². The van der Waals surface area contributed by atoms with Crippen LogP contribution in [-0.4, -0.2) is 0 Å². The van der Waals surface area contributed by atoms with Crippen molar-refractivity contribution in [1.82, 2.24) is 0 Å². The standard InChI is InChI=1S/C30H34.2C2H6/c1-5-6-9-28(21-19-27-17-14-24(3)25(4)22-27)30-11-8-7-10-29(30)20-18-26-15-12-23(2)13-16-26;2*1-2/h7-17,19,21-22H,5-6,18,20H2,1-4H3;2*1-2H3/b21-19+,28-9-;;. The van der Waals surface area contributed by atoms with Crippen molar-refractivity contribution in [2.75, 3.05) is 0 Å². The zero-order valence-corrected chi connectivity index (χ0v) is 22.9. The molecule has 0 nitrogen and oxygen atoms in total. The van der Waals surface area contributed by atoms with Crippen molar-refractivity contribution in [2.45, 2.75) is 81.1 Å². The fourth-order valence-electron chi connectivity index (χ4n) is 3.68. The van der Waals surface area contributed by atoms with Gasteiger partial charge < -0.3 is 0 Å². The van der Waals surface area contributed by atoms with Gasteiger partial charge in [0, 0.05) is 0 Å². The van der Waals surface area contributed by atoms with Crippen LogP contribution < -0.4 is 0 Å². The maximum absolute atomic E-state index is 2.39. The number of allylic oxidation sites excluding steroid dienone is 3. The lowest BCUT2D eigenvalue weighted by molar-refractivity contribution is 0.949. The lowest BCUT2D eigenvalue weighted by Gasteiger charge is -2.12. The molecule has 0 atom stereocenters. The molecule has 0 amide bonds. The Labute approximate surface area is 210 Å². The minimum Gasteiger partial charge on any atom is -0.0767 e. The third kappa shape index (κ3) is 9.56. The van der Waals surface area contributed by atoms with Crippen molar-refractivity contribution >= 4 is 11.6 Å². The number of hydrogen-bond donors (Lipinski definition) is 0. The summed E-state index contributed by atoms with van der Waals surface area (Å²) in [6.45, 7) is 16.7. The molecule has 0 aromatic heterocycles. The van der Waals surface area contributed by atoms with Crippen LogP contribution in [-0.2, 0) is 12.8 Å². The van der Waals surface area contributed by atoms with Gasteiger partial charge in [-0.3, -0.25) is 0 Å². The lowest BCUT2D eigenvalue weighted by atomic mass is 9.93. The van der Waals surface area contributed by atoms with Gasteiger partial charge >= 0.3 is 0 Å². The van der Waals surface area contributed by atoms with Crippen molar-refractivity contribution < 1.29 is 0 Å². The first-order chi connectivity index (χ1) is 16.6. The third-order valence-electron chi connectivity index (χ3n) is 5.77. The Morgan fingerprint density at radius 1 is 0.735 bits per heavy atom. The molecule has 0 N–H and O–H groups in total. The lowest BCUT2D eigenvalue weighted by Crippen LogP contribution is -1.96. The number of rotatable bonds is 8. The molecule has 0 fully saturated rings.